The Morgan fingerprint density at radius 2 is 2.12 bits per heavy atom. The molecule has 86 valence electrons. The van der Waals surface area contributed by atoms with Crippen molar-refractivity contribution in [2.45, 2.75) is 19.4 Å². The first-order valence-corrected chi connectivity index (χ1v) is 5.30. The van der Waals surface area contributed by atoms with Gasteiger partial charge in [-0.3, -0.25) is 0 Å². The van der Waals surface area contributed by atoms with Crippen molar-refractivity contribution in [1.82, 2.24) is 0 Å². The molecule has 1 atom stereocenters. The van der Waals surface area contributed by atoms with Gasteiger partial charge in [0.2, 0.25) is 0 Å². The normalized spacial score (nSPS) is 12.8. The van der Waals surface area contributed by atoms with Gasteiger partial charge in [-0.15, -0.1) is 0 Å². The monoisotopic (exact) mass is 220 g/mol. The van der Waals surface area contributed by atoms with E-state index in [-0.39, 0.29) is 0 Å². The van der Waals surface area contributed by atoms with Gasteiger partial charge in [0.15, 0.2) is 6.10 Å². The molecule has 0 bridgehead atoms. The second kappa shape index (κ2) is 6.80. The number of carbonyl (C=O) groups is 1. The number of rotatable bonds is 6. The zero-order valence-corrected chi connectivity index (χ0v) is 9.30. The van der Waals surface area contributed by atoms with Crippen molar-refractivity contribution in [3.8, 4) is 0 Å². The van der Waals surface area contributed by atoms with Gasteiger partial charge in [-0.05, 0) is 12.0 Å². The predicted molar refractivity (Wildman–Crippen MR) is 63.1 cm³/mol. The summed E-state index contributed by atoms with van der Waals surface area (Å²) >= 11 is 0. The molecule has 1 unspecified atom stereocenters. The van der Waals surface area contributed by atoms with Crippen LogP contribution in [-0.4, -0.2) is 23.8 Å². The van der Waals surface area contributed by atoms with Crippen LogP contribution in [0.3, 0.4) is 0 Å². The number of aliphatic carboxylic acids is 1. The Bertz CT molecular complexity index is 343. The maximum absolute atomic E-state index is 10.6. The highest BCUT2D eigenvalue weighted by molar-refractivity contribution is 5.72. The van der Waals surface area contributed by atoms with Gasteiger partial charge >= 0.3 is 5.97 Å². The lowest BCUT2D eigenvalue weighted by molar-refractivity contribution is -0.149. The molecule has 0 saturated heterocycles. The Labute approximate surface area is 95.4 Å². The molecule has 0 aliphatic heterocycles. The average molecular weight is 220 g/mol. The molecule has 0 aliphatic carbocycles. The highest BCUT2D eigenvalue weighted by Gasteiger charge is 2.13. The fourth-order valence-corrected chi connectivity index (χ4v) is 1.28. The van der Waals surface area contributed by atoms with Crippen molar-refractivity contribution < 1.29 is 14.6 Å². The Morgan fingerprint density at radius 3 is 2.69 bits per heavy atom. The molecule has 0 saturated carbocycles. The lowest BCUT2D eigenvalue weighted by Gasteiger charge is -2.08. The molecule has 0 radical (unpaired) electrons. The van der Waals surface area contributed by atoms with Gasteiger partial charge in [0.25, 0.3) is 0 Å². The van der Waals surface area contributed by atoms with Crippen LogP contribution in [0, 0.1) is 0 Å². The molecular weight excluding hydrogens is 204 g/mol. The summed E-state index contributed by atoms with van der Waals surface area (Å²) in [4.78, 5) is 10.6. The quantitative estimate of drug-likeness (QED) is 0.801. The number of hydrogen-bond donors (Lipinski definition) is 1. The Kier molecular flexibility index (Phi) is 5.29. The molecule has 3 nitrogen and oxygen atoms in total. The fourth-order valence-electron chi connectivity index (χ4n) is 1.28. The van der Waals surface area contributed by atoms with Crippen molar-refractivity contribution in [3.05, 3.63) is 42.0 Å². The fraction of sp³-hybridized carbons (Fsp3) is 0.308. The van der Waals surface area contributed by atoms with Crippen LogP contribution < -0.4 is 0 Å². The second-order valence-electron chi connectivity index (χ2n) is 3.38. The molecule has 1 rings (SSSR count). The molecular formula is C13H16O3. The van der Waals surface area contributed by atoms with Gasteiger partial charge < -0.3 is 9.84 Å². The smallest absolute Gasteiger partial charge is 0.332 e. The van der Waals surface area contributed by atoms with E-state index >= 15 is 0 Å². The summed E-state index contributed by atoms with van der Waals surface area (Å²) in [7, 11) is 0. The van der Waals surface area contributed by atoms with Crippen molar-refractivity contribution in [2.75, 3.05) is 6.61 Å². The first kappa shape index (κ1) is 12.5. The molecule has 0 spiro atoms. The first-order chi connectivity index (χ1) is 7.74. The van der Waals surface area contributed by atoms with Crippen molar-refractivity contribution >= 4 is 12.0 Å². The highest BCUT2D eigenvalue weighted by Crippen LogP contribution is 2.02. The summed E-state index contributed by atoms with van der Waals surface area (Å²) < 4.78 is 5.19. The molecule has 0 amide bonds. The third kappa shape index (κ3) is 4.28. The number of carboxylic acid groups (broad SMARTS) is 1. The van der Waals surface area contributed by atoms with Crippen LogP contribution in [0.2, 0.25) is 0 Å². The number of carboxylic acids is 1. The minimum absolute atomic E-state index is 0.319. The van der Waals surface area contributed by atoms with Crippen LogP contribution in [0.1, 0.15) is 18.9 Å². The lowest BCUT2D eigenvalue weighted by Crippen LogP contribution is -2.22. The largest absolute Gasteiger partial charge is 0.479 e. The van der Waals surface area contributed by atoms with Crippen molar-refractivity contribution in [1.29, 1.82) is 0 Å². The molecule has 16 heavy (non-hydrogen) atoms. The molecule has 0 aliphatic rings. The van der Waals surface area contributed by atoms with E-state index in [9.17, 15) is 4.79 Å². The summed E-state index contributed by atoms with van der Waals surface area (Å²) in [6.07, 6.45) is 3.50. The number of hydrogen-bond acceptors (Lipinski definition) is 2. The second-order valence-corrected chi connectivity index (χ2v) is 3.38. The summed E-state index contributed by atoms with van der Waals surface area (Å²) in [6.45, 7) is 2.11. The minimum atomic E-state index is -0.907. The van der Waals surface area contributed by atoms with Crippen LogP contribution in [0.4, 0.5) is 0 Å². The first-order valence-electron chi connectivity index (χ1n) is 5.30. The molecule has 0 heterocycles. The van der Waals surface area contributed by atoms with E-state index < -0.39 is 12.1 Å². The van der Waals surface area contributed by atoms with Gasteiger partial charge in [-0.2, -0.15) is 0 Å². The van der Waals surface area contributed by atoms with Gasteiger partial charge in [0, 0.05) is 0 Å². The van der Waals surface area contributed by atoms with E-state index in [4.69, 9.17) is 9.84 Å². The average Bonchev–Trinajstić information content (AvgIpc) is 2.30. The lowest BCUT2D eigenvalue weighted by atomic mass is 10.2. The van der Waals surface area contributed by atoms with E-state index in [1.807, 2.05) is 42.5 Å². The van der Waals surface area contributed by atoms with Gasteiger partial charge in [-0.25, -0.2) is 4.79 Å². The summed E-state index contributed by atoms with van der Waals surface area (Å²) in [5, 5.41) is 8.74. The molecule has 0 fully saturated rings. The van der Waals surface area contributed by atoms with E-state index in [2.05, 4.69) is 0 Å². The minimum Gasteiger partial charge on any atom is -0.479 e. The third-order valence-electron chi connectivity index (χ3n) is 2.15. The topological polar surface area (TPSA) is 46.5 Å². The Morgan fingerprint density at radius 1 is 1.44 bits per heavy atom. The van der Waals surface area contributed by atoms with E-state index in [0.717, 1.165) is 5.56 Å². The number of benzene rings is 1. The maximum Gasteiger partial charge on any atom is 0.332 e. The van der Waals surface area contributed by atoms with Gasteiger partial charge in [0.1, 0.15) is 0 Å². The van der Waals surface area contributed by atoms with Crippen LogP contribution in [-0.2, 0) is 9.53 Å². The van der Waals surface area contributed by atoms with Gasteiger partial charge in [-0.1, -0.05) is 49.4 Å². The Balaban J connectivity index is 2.35. The SMILES string of the molecule is CCC(OC/C=C/c1ccccc1)C(=O)O. The van der Waals surface area contributed by atoms with E-state index in [0.29, 0.717) is 13.0 Å². The zero-order chi connectivity index (χ0) is 11.8. The number of ether oxygens (including phenoxy) is 1. The molecule has 3 heteroatoms. The van der Waals surface area contributed by atoms with E-state index in [1.165, 1.54) is 0 Å². The Hall–Kier alpha value is -1.61. The van der Waals surface area contributed by atoms with E-state index in [1.54, 1.807) is 6.92 Å². The summed E-state index contributed by atoms with van der Waals surface area (Å²) in [6, 6.07) is 9.81. The third-order valence-corrected chi connectivity index (χ3v) is 2.15. The zero-order valence-electron chi connectivity index (χ0n) is 9.30. The molecule has 1 aromatic carbocycles. The highest BCUT2D eigenvalue weighted by atomic mass is 16.5. The van der Waals surface area contributed by atoms with Crippen LogP contribution in [0.5, 0.6) is 0 Å². The van der Waals surface area contributed by atoms with Crippen LogP contribution in [0.25, 0.3) is 6.08 Å². The molecule has 1 N–H and O–H groups in total. The maximum atomic E-state index is 10.6. The standard InChI is InChI=1S/C13H16O3/c1-2-12(13(14)15)16-10-6-9-11-7-4-3-5-8-11/h3-9,12H,2,10H2,1H3,(H,14,15)/b9-6+. The van der Waals surface area contributed by atoms with Crippen LogP contribution in [0.15, 0.2) is 36.4 Å². The molecule has 0 aromatic heterocycles. The van der Waals surface area contributed by atoms with Crippen molar-refractivity contribution in [2.24, 2.45) is 0 Å². The summed E-state index contributed by atoms with van der Waals surface area (Å²) in [5.41, 5.74) is 1.08. The molecule has 1 aromatic rings. The van der Waals surface area contributed by atoms with Crippen molar-refractivity contribution in [3.63, 3.8) is 0 Å². The van der Waals surface area contributed by atoms with Crippen LogP contribution >= 0.6 is 0 Å². The summed E-state index contributed by atoms with van der Waals surface area (Å²) in [5.74, 6) is -0.907. The van der Waals surface area contributed by atoms with Gasteiger partial charge in [0.05, 0.1) is 6.61 Å². The predicted octanol–water partition coefficient (Wildman–Crippen LogP) is 2.58.